The molecular formula is C34H35N2+. The molecule has 3 heterocycles. The molecule has 0 amide bonds. The van der Waals surface area contributed by atoms with Crippen LogP contribution in [0.1, 0.15) is 73.8 Å². The molecule has 2 heteroatoms. The molecule has 2 aliphatic carbocycles. The van der Waals surface area contributed by atoms with Crippen molar-refractivity contribution < 1.29 is 4.57 Å². The van der Waals surface area contributed by atoms with Gasteiger partial charge in [0, 0.05) is 32.7 Å². The Hall–Kier alpha value is -3.13. The second-order valence-electron chi connectivity index (χ2n) is 12.0. The van der Waals surface area contributed by atoms with Crippen molar-refractivity contribution >= 4 is 27.3 Å². The molecule has 180 valence electrons. The normalized spacial score (nSPS) is 25.0. The zero-order valence-electron chi connectivity index (χ0n) is 21.8. The van der Waals surface area contributed by atoms with Crippen LogP contribution in [0.5, 0.6) is 0 Å². The third-order valence-electron chi connectivity index (χ3n) is 10.5. The van der Waals surface area contributed by atoms with Gasteiger partial charge in [-0.2, -0.15) is 4.40 Å². The molecule has 5 aromatic rings. The van der Waals surface area contributed by atoms with E-state index in [4.69, 9.17) is 0 Å². The molecular weight excluding hydrogens is 436 g/mol. The lowest BCUT2D eigenvalue weighted by atomic mass is 9.45. The van der Waals surface area contributed by atoms with Crippen molar-refractivity contribution in [1.82, 2.24) is 4.40 Å². The molecule has 2 saturated carbocycles. The van der Waals surface area contributed by atoms with Crippen LogP contribution in [0.4, 0.5) is 0 Å². The standard InChI is InChI=1S/C34H35N2/c1-22-12-11-15-25-27-23(2)16-17-26-30(27)36-31(34-20-9-7-18-33(26,34)19-8-10-21-34)29(24-13-5-4-6-14-24)35(3)32(36)28(22)25/h4-6,11-17H,7-10,18-21H2,1-3H3/q+1. The molecule has 36 heavy (non-hydrogen) atoms. The monoisotopic (exact) mass is 471 g/mol. The summed E-state index contributed by atoms with van der Waals surface area (Å²) in [5.41, 5.74) is 12.2. The van der Waals surface area contributed by atoms with Crippen LogP contribution in [-0.2, 0) is 17.9 Å². The lowest BCUT2D eigenvalue weighted by molar-refractivity contribution is -0.632. The average molecular weight is 472 g/mol. The number of aromatic nitrogens is 2. The maximum absolute atomic E-state index is 2.78. The van der Waals surface area contributed by atoms with Crippen molar-refractivity contribution in [2.24, 2.45) is 7.05 Å². The minimum Gasteiger partial charge on any atom is -0.225 e. The first-order chi connectivity index (χ1) is 17.6. The van der Waals surface area contributed by atoms with Gasteiger partial charge in [0.25, 0.3) is 5.65 Å². The topological polar surface area (TPSA) is 8.29 Å². The van der Waals surface area contributed by atoms with E-state index in [1.54, 1.807) is 11.3 Å². The predicted octanol–water partition coefficient (Wildman–Crippen LogP) is 7.99. The highest BCUT2D eigenvalue weighted by atomic mass is 15.1. The Morgan fingerprint density at radius 3 is 2.08 bits per heavy atom. The van der Waals surface area contributed by atoms with Crippen LogP contribution in [-0.4, -0.2) is 4.40 Å². The zero-order chi connectivity index (χ0) is 24.2. The highest BCUT2D eigenvalue weighted by molar-refractivity contribution is 6.15. The molecule has 0 N–H and O–H groups in total. The van der Waals surface area contributed by atoms with Crippen LogP contribution >= 0.6 is 0 Å². The largest absolute Gasteiger partial charge is 0.295 e. The zero-order valence-corrected chi connectivity index (χ0v) is 21.8. The van der Waals surface area contributed by atoms with Crippen LogP contribution in [0.3, 0.4) is 0 Å². The Kier molecular flexibility index (Phi) is 4.08. The fourth-order valence-corrected chi connectivity index (χ4v) is 9.22. The number of benzene rings is 3. The van der Waals surface area contributed by atoms with E-state index < -0.39 is 0 Å². The molecule has 0 bridgehead atoms. The predicted molar refractivity (Wildman–Crippen MR) is 149 cm³/mol. The molecule has 8 rings (SSSR count). The molecule has 0 atom stereocenters. The van der Waals surface area contributed by atoms with Crippen molar-refractivity contribution in [3.63, 3.8) is 0 Å². The summed E-state index contributed by atoms with van der Waals surface area (Å²) in [5, 5.41) is 4.33. The van der Waals surface area contributed by atoms with Crippen molar-refractivity contribution in [2.75, 3.05) is 0 Å². The van der Waals surface area contributed by atoms with Crippen LogP contribution in [0.2, 0.25) is 0 Å². The van der Waals surface area contributed by atoms with Gasteiger partial charge in [0.05, 0.1) is 12.4 Å². The van der Waals surface area contributed by atoms with E-state index in [1.807, 2.05) is 0 Å². The lowest BCUT2D eigenvalue weighted by Crippen LogP contribution is -2.56. The first kappa shape index (κ1) is 21.0. The van der Waals surface area contributed by atoms with Crippen LogP contribution in [0.25, 0.3) is 38.6 Å². The maximum atomic E-state index is 2.78. The molecule has 0 radical (unpaired) electrons. The van der Waals surface area contributed by atoms with E-state index in [1.165, 1.54) is 101 Å². The SMILES string of the molecule is Cc1ccc2c3c1c1cccc(C)c1c1n3c(c(-c3ccccc3)[n+]1C)C13CCCCC21CCCC3. The number of pyridine rings is 1. The summed E-state index contributed by atoms with van der Waals surface area (Å²) in [6.45, 7) is 4.63. The van der Waals surface area contributed by atoms with Crippen molar-refractivity contribution in [2.45, 2.75) is 76.0 Å². The Labute approximate surface area is 213 Å². The molecule has 2 nitrogen and oxygen atoms in total. The minimum absolute atomic E-state index is 0.213. The fourth-order valence-electron chi connectivity index (χ4n) is 9.22. The summed E-state index contributed by atoms with van der Waals surface area (Å²) in [7, 11) is 2.34. The number of nitrogens with zero attached hydrogens (tertiary/aromatic N) is 2. The molecule has 2 aromatic heterocycles. The third kappa shape index (κ3) is 2.24. The van der Waals surface area contributed by atoms with Crippen molar-refractivity contribution in [3.05, 3.63) is 83.0 Å². The molecule has 1 aliphatic heterocycles. The van der Waals surface area contributed by atoms with Gasteiger partial charge in [0.1, 0.15) is 5.52 Å². The highest BCUT2D eigenvalue weighted by Crippen LogP contribution is 2.65. The first-order valence-electron chi connectivity index (χ1n) is 14.0. The van der Waals surface area contributed by atoms with Gasteiger partial charge in [0.15, 0.2) is 11.4 Å². The number of hydrogen-bond donors (Lipinski definition) is 0. The Morgan fingerprint density at radius 1 is 0.694 bits per heavy atom. The molecule has 3 aromatic carbocycles. The number of rotatable bonds is 1. The van der Waals surface area contributed by atoms with Gasteiger partial charge >= 0.3 is 0 Å². The van der Waals surface area contributed by atoms with Crippen molar-refractivity contribution in [3.8, 4) is 11.3 Å². The van der Waals surface area contributed by atoms with E-state index in [2.05, 4.69) is 90.5 Å². The molecule has 0 saturated heterocycles. The second kappa shape index (κ2) is 7.00. The second-order valence-corrected chi connectivity index (χ2v) is 12.0. The quantitative estimate of drug-likeness (QED) is 0.173. The number of fused-ring (bicyclic) bond motifs is 3. The summed E-state index contributed by atoms with van der Waals surface area (Å²) < 4.78 is 5.35. The van der Waals surface area contributed by atoms with Gasteiger partial charge < -0.3 is 0 Å². The van der Waals surface area contributed by atoms with E-state index in [0.717, 1.165) is 0 Å². The number of imidazole rings is 1. The molecule has 0 unspecified atom stereocenters. The Balaban J connectivity index is 1.74. The summed E-state index contributed by atoms with van der Waals surface area (Å²) in [4.78, 5) is 0. The van der Waals surface area contributed by atoms with E-state index in [-0.39, 0.29) is 10.8 Å². The smallest absolute Gasteiger partial charge is 0.225 e. The van der Waals surface area contributed by atoms with E-state index >= 15 is 0 Å². The van der Waals surface area contributed by atoms with Gasteiger partial charge in [0.2, 0.25) is 0 Å². The Bertz CT molecular complexity index is 1710. The minimum atomic E-state index is 0.213. The highest BCUT2D eigenvalue weighted by Gasteiger charge is 2.63. The van der Waals surface area contributed by atoms with E-state index in [9.17, 15) is 0 Å². The van der Waals surface area contributed by atoms with E-state index in [0.29, 0.717) is 0 Å². The maximum Gasteiger partial charge on any atom is 0.295 e. The fraction of sp³-hybridized carbons (Fsp3) is 0.382. The number of aryl methyl sites for hydroxylation is 3. The summed E-state index contributed by atoms with van der Waals surface area (Å²) in [6, 6.07) is 23.2. The van der Waals surface area contributed by atoms with Gasteiger partial charge in [-0.1, -0.05) is 86.3 Å². The number of hydrogen-bond acceptors (Lipinski definition) is 0. The van der Waals surface area contributed by atoms with Gasteiger partial charge in [-0.3, -0.25) is 0 Å². The summed E-state index contributed by atoms with van der Waals surface area (Å²) >= 11 is 0. The van der Waals surface area contributed by atoms with Gasteiger partial charge in [-0.05, 0) is 50.7 Å². The molecule has 2 fully saturated rings. The van der Waals surface area contributed by atoms with Crippen molar-refractivity contribution in [1.29, 1.82) is 0 Å². The van der Waals surface area contributed by atoms with Crippen LogP contribution < -0.4 is 4.57 Å². The molecule has 0 spiro atoms. The van der Waals surface area contributed by atoms with Crippen LogP contribution in [0.15, 0.2) is 60.7 Å². The van der Waals surface area contributed by atoms with Gasteiger partial charge in [-0.25, -0.2) is 4.57 Å². The van der Waals surface area contributed by atoms with Gasteiger partial charge in [-0.15, -0.1) is 0 Å². The summed E-state index contributed by atoms with van der Waals surface area (Å²) in [5.74, 6) is 0. The lowest BCUT2D eigenvalue weighted by Gasteiger charge is -2.57. The molecule has 3 aliphatic rings. The Morgan fingerprint density at radius 2 is 1.36 bits per heavy atom. The first-order valence-corrected chi connectivity index (χ1v) is 14.0. The van der Waals surface area contributed by atoms with Crippen LogP contribution in [0, 0.1) is 13.8 Å². The average Bonchev–Trinajstić information content (AvgIpc) is 3.22. The summed E-state index contributed by atoms with van der Waals surface area (Å²) in [6.07, 6.45) is 10.7. The third-order valence-corrected chi connectivity index (χ3v) is 10.5.